The van der Waals surface area contributed by atoms with E-state index in [0.717, 1.165) is 0 Å². The Balaban J connectivity index is 0.00000256. The molecule has 17 heavy (non-hydrogen) atoms. The van der Waals surface area contributed by atoms with Crippen molar-refractivity contribution in [2.45, 2.75) is 45.5 Å². The number of rotatable bonds is 1. The first kappa shape index (κ1) is 16.5. The molecule has 0 spiro atoms. The minimum Gasteiger partial charge on any atom is -0.444 e. The van der Waals surface area contributed by atoms with Gasteiger partial charge in [-0.25, -0.2) is 4.79 Å². The molecular weight excluding hydrogens is 244 g/mol. The molecule has 1 rings (SSSR count). The Morgan fingerprint density at radius 2 is 2.06 bits per heavy atom. The van der Waals surface area contributed by atoms with Crippen LogP contribution in [0.1, 0.15) is 27.7 Å². The van der Waals surface area contributed by atoms with Crippen LogP contribution in [-0.4, -0.2) is 48.4 Å². The summed E-state index contributed by atoms with van der Waals surface area (Å²) >= 11 is 0. The van der Waals surface area contributed by atoms with E-state index in [-0.39, 0.29) is 30.7 Å². The van der Waals surface area contributed by atoms with Crippen molar-refractivity contribution in [3.8, 4) is 0 Å². The number of nitrogens with two attached hydrogens (primary N) is 1. The molecule has 0 bridgehead atoms. The highest BCUT2D eigenvalue weighted by Gasteiger charge is 2.30. The highest BCUT2D eigenvalue weighted by Crippen LogP contribution is 2.15. The van der Waals surface area contributed by atoms with Crippen molar-refractivity contribution >= 4 is 18.5 Å². The maximum atomic E-state index is 11.8. The van der Waals surface area contributed by atoms with Gasteiger partial charge in [0.1, 0.15) is 5.60 Å². The highest BCUT2D eigenvalue weighted by atomic mass is 35.5. The zero-order chi connectivity index (χ0) is 12.3. The van der Waals surface area contributed by atoms with Crippen LogP contribution in [0.15, 0.2) is 0 Å². The van der Waals surface area contributed by atoms with Crippen molar-refractivity contribution in [3.63, 3.8) is 0 Å². The van der Waals surface area contributed by atoms with Crippen LogP contribution < -0.4 is 5.73 Å². The normalized spacial score (nSPS) is 25.1. The summed E-state index contributed by atoms with van der Waals surface area (Å²) in [6.07, 6.45) is -0.368. The van der Waals surface area contributed by atoms with E-state index in [2.05, 4.69) is 0 Å². The zero-order valence-electron chi connectivity index (χ0n) is 10.9. The standard InChI is InChI=1S/C11H22N2O3.ClH/c1-8-6-13(7-9(5-12)15-8)10(14)16-11(2,3)4;/h8-9H,5-7,12H2,1-4H3;1H/t8-,9+;/m0./s1. The van der Waals surface area contributed by atoms with E-state index in [1.807, 2.05) is 27.7 Å². The molecule has 6 heteroatoms. The SMILES string of the molecule is C[C@H]1CN(C(=O)OC(C)(C)C)C[C@@H](CN)O1.Cl. The van der Waals surface area contributed by atoms with E-state index in [4.69, 9.17) is 15.2 Å². The lowest BCUT2D eigenvalue weighted by atomic mass is 10.2. The Bertz CT molecular complexity index is 256. The smallest absolute Gasteiger partial charge is 0.410 e. The quantitative estimate of drug-likeness (QED) is 0.779. The fourth-order valence-corrected chi connectivity index (χ4v) is 1.65. The van der Waals surface area contributed by atoms with E-state index in [1.165, 1.54) is 0 Å². The topological polar surface area (TPSA) is 64.8 Å². The van der Waals surface area contributed by atoms with E-state index in [0.29, 0.717) is 19.6 Å². The fourth-order valence-electron chi connectivity index (χ4n) is 1.65. The first-order valence-corrected chi connectivity index (χ1v) is 5.65. The second-order valence-corrected chi connectivity index (χ2v) is 5.19. The van der Waals surface area contributed by atoms with Crippen LogP contribution in [0.4, 0.5) is 4.79 Å². The Kier molecular flexibility index (Phi) is 6.23. The number of hydrogen-bond donors (Lipinski definition) is 1. The summed E-state index contributed by atoms with van der Waals surface area (Å²) in [5.74, 6) is 0. The Morgan fingerprint density at radius 1 is 1.47 bits per heavy atom. The number of amides is 1. The summed E-state index contributed by atoms with van der Waals surface area (Å²) < 4.78 is 10.9. The largest absolute Gasteiger partial charge is 0.444 e. The first-order valence-electron chi connectivity index (χ1n) is 5.65. The van der Waals surface area contributed by atoms with Crippen LogP contribution in [0, 0.1) is 0 Å². The summed E-state index contributed by atoms with van der Waals surface area (Å²) in [6, 6.07) is 0. The fraction of sp³-hybridized carbons (Fsp3) is 0.909. The van der Waals surface area contributed by atoms with Crippen LogP contribution in [0.25, 0.3) is 0 Å². The summed E-state index contributed by atoms with van der Waals surface area (Å²) in [7, 11) is 0. The van der Waals surface area contributed by atoms with Gasteiger partial charge in [-0.2, -0.15) is 0 Å². The monoisotopic (exact) mass is 266 g/mol. The van der Waals surface area contributed by atoms with Gasteiger partial charge in [-0.3, -0.25) is 0 Å². The minimum absolute atomic E-state index is 0. The van der Waals surface area contributed by atoms with Crippen LogP contribution in [0.5, 0.6) is 0 Å². The van der Waals surface area contributed by atoms with Gasteiger partial charge in [0.2, 0.25) is 0 Å². The summed E-state index contributed by atoms with van der Waals surface area (Å²) in [4.78, 5) is 13.5. The van der Waals surface area contributed by atoms with Gasteiger partial charge in [-0.15, -0.1) is 12.4 Å². The van der Waals surface area contributed by atoms with Gasteiger partial charge in [0, 0.05) is 6.54 Å². The maximum absolute atomic E-state index is 11.8. The van der Waals surface area contributed by atoms with Gasteiger partial charge >= 0.3 is 6.09 Å². The van der Waals surface area contributed by atoms with Gasteiger partial charge in [-0.1, -0.05) is 0 Å². The molecule has 1 heterocycles. The molecule has 0 aromatic carbocycles. The maximum Gasteiger partial charge on any atom is 0.410 e. The number of ether oxygens (including phenoxy) is 2. The summed E-state index contributed by atoms with van der Waals surface area (Å²) in [6.45, 7) is 8.99. The van der Waals surface area contributed by atoms with Crippen molar-refractivity contribution in [1.82, 2.24) is 4.90 Å². The number of carbonyl (C=O) groups is 1. The zero-order valence-corrected chi connectivity index (χ0v) is 11.8. The van der Waals surface area contributed by atoms with Gasteiger partial charge in [0.25, 0.3) is 0 Å². The average molecular weight is 267 g/mol. The van der Waals surface area contributed by atoms with Crippen LogP contribution in [0.2, 0.25) is 0 Å². The Hall–Kier alpha value is -0.520. The lowest BCUT2D eigenvalue weighted by Gasteiger charge is -2.37. The van der Waals surface area contributed by atoms with Gasteiger partial charge in [0.15, 0.2) is 0 Å². The second-order valence-electron chi connectivity index (χ2n) is 5.19. The molecule has 0 unspecified atom stereocenters. The third-order valence-electron chi connectivity index (χ3n) is 2.24. The van der Waals surface area contributed by atoms with Crippen molar-refractivity contribution in [2.24, 2.45) is 5.73 Å². The average Bonchev–Trinajstić information content (AvgIpc) is 2.14. The molecule has 0 aromatic rings. The number of carbonyl (C=O) groups excluding carboxylic acids is 1. The van der Waals surface area contributed by atoms with E-state index < -0.39 is 5.60 Å². The molecule has 1 aliphatic rings. The molecule has 102 valence electrons. The molecule has 2 N–H and O–H groups in total. The lowest BCUT2D eigenvalue weighted by Crippen LogP contribution is -2.52. The predicted molar refractivity (Wildman–Crippen MR) is 68.4 cm³/mol. The molecule has 0 aliphatic carbocycles. The summed E-state index contributed by atoms with van der Waals surface area (Å²) in [5, 5.41) is 0. The lowest BCUT2D eigenvalue weighted by molar-refractivity contribution is -0.0757. The van der Waals surface area contributed by atoms with E-state index in [1.54, 1.807) is 4.90 Å². The van der Waals surface area contributed by atoms with Crippen LogP contribution in [-0.2, 0) is 9.47 Å². The number of morpholine rings is 1. The van der Waals surface area contributed by atoms with Crippen LogP contribution in [0.3, 0.4) is 0 Å². The molecule has 5 nitrogen and oxygen atoms in total. The molecule has 0 saturated carbocycles. The van der Waals surface area contributed by atoms with E-state index >= 15 is 0 Å². The molecule has 2 atom stereocenters. The molecule has 0 radical (unpaired) electrons. The van der Waals surface area contributed by atoms with Crippen molar-refractivity contribution < 1.29 is 14.3 Å². The summed E-state index contributed by atoms with van der Waals surface area (Å²) in [5.41, 5.74) is 5.09. The van der Waals surface area contributed by atoms with E-state index in [9.17, 15) is 4.79 Å². The molecule has 1 aliphatic heterocycles. The Labute approximate surface area is 109 Å². The molecule has 1 fully saturated rings. The second kappa shape index (κ2) is 6.42. The van der Waals surface area contributed by atoms with Gasteiger partial charge in [0.05, 0.1) is 25.3 Å². The van der Waals surface area contributed by atoms with Crippen molar-refractivity contribution in [2.75, 3.05) is 19.6 Å². The predicted octanol–water partition coefficient (Wildman–Crippen LogP) is 1.39. The number of hydrogen-bond acceptors (Lipinski definition) is 4. The first-order chi connectivity index (χ1) is 7.31. The van der Waals surface area contributed by atoms with Crippen molar-refractivity contribution in [1.29, 1.82) is 0 Å². The number of halogens is 1. The van der Waals surface area contributed by atoms with Crippen molar-refractivity contribution in [3.05, 3.63) is 0 Å². The minimum atomic E-state index is -0.461. The number of nitrogens with zero attached hydrogens (tertiary/aromatic N) is 1. The third kappa shape index (κ3) is 5.57. The Morgan fingerprint density at radius 3 is 2.53 bits per heavy atom. The molecule has 1 saturated heterocycles. The molecule has 1 amide bonds. The molecular formula is C11H23ClN2O3. The highest BCUT2D eigenvalue weighted by molar-refractivity contribution is 5.85. The third-order valence-corrected chi connectivity index (χ3v) is 2.24. The molecule has 0 aromatic heterocycles. The van der Waals surface area contributed by atoms with Crippen LogP contribution >= 0.6 is 12.4 Å². The van der Waals surface area contributed by atoms with Gasteiger partial charge in [-0.05, 0) is 27.7 Å². The van der Waals surface area contributed by atoms with Gasteiger partial charge < -0.3 is 20.1 Å².